The van der Waals surface area contributed by atoms with Crippen LogP contribution in [0.4, 0.5) is 8.78 Å². The molecule has 0 radical (unpaired) electrons. The number of hydrogen-bond donors (Lipinski definition) is 1. The Morgan fingerprint density at radius 2 is 1.76 bits per heavy atom. The van der Waals surface area contributed by atoms with Crippen molar-refractivity contribution in [3.8, 4) is 5.75 Å². The van der Waals surface area contributed by atoms with E-state index in [2.05, 4.69) is 25.8 Å². The van der Waals surface area contributed by atoms with Gasteiger partial charge in [-0.05, 0) is 67.0 Å². The molecule has 0 aromatic heterocycles. The first kappa shape index (κ1) is 28.9. The first-order valence-electron chi connectivity index (χ1n) is 12.6. The summed E-state index contributed by atoms with van der Waals surface area (Å²) in [6, 6.07) is 5.31. The number of unbranched alkanes of at least 4 members (excludes halogenated alkanes) is 3. The van der Waals surface area contributed by atoms with E-state index in [1.165, 1.54) is 32.1 Å². The Morgan fingerprint density at radius 3 is 2.39 bits per heavy atom. The molecule has 3 nitrogen and oxygen atoms in total. The van der Waals surface area contributed by atoms with Gasteiger partial charge in [-0.3, -0.25) is 4.99 Å². The highest BCUT2D eigenvalue weighted by molar-refractivity contribution is 6.15. The van der Waals surface area contributed by atoms with Crippen LogP contribution in [0, 0.1) is 12.8 Å². The number of ether oxygens (including phenoxy) is 1. The number of aryl methyl sites for hydroxylation is 1. The van der Waals surface area contributed by atoms with Crippen LogP contribution in [0.15, 0.2) is 46.1 Å². The summed E-state index contributed by atoms with van der Waals surface area (Å²) in [6.45, 7) is 10.3. The van der Waals surface area contributed by atoms with Gasteiger partial charge < -0.3 is 10.5 Å². The molecule has 2 N–H and O–H groups in total. The van der Waals surface area contributed by atoms with E-state index in [1.54, 1.807) is 12.1 Å². The van der Waals surface area contributed by atoms with E-state index in [-0.39, 0.29) is 5.75 Å². The fraction of sp³-hybridized carbons (Fsp3) is 0.607. The highest BCUT2D eigenvalue weighted by Crippen LogP contribution is 2.36. The molecule has 1 aliphatic heterocycles. The third kappa shape index (κ3) is 9.69. The van der Waals surface area contributed by atoms with Gasteiger partial charge in [-0.1, -0.05) is 72.8 Å². The highest BCUT2D eigenvalue weighted by atomic mass is 19.3. The first-order valence-corrected chi connectivity index (χ1v) is 12.6. The summed E-state index contributed by atoms with van der Waals surface area (Å²) in [6.07, 6.45) is 11.7. The van der Waals surface area contributed by atoms with Crippen molar-refractivity contribution < 1.29 is 13.5 Å². The molecule has 1 aliphatic carbocycles. The van der Waals surface area contributed by atoms with Crippen molar-refractivity contribution in [2.75, 3.05) is 6.54 Å². The zero-order valence-corrected chi connectivity index (χ0v) is 21.5. The van der Waals surface area contributed by atoms with E-state index in [1.807, 2.05) is 32.9 Å². The van der Waals surface area contributed by atoms with Gasteiger partial charge >= 0.3 is 6.61 Å². The smallest absolute Gasteiger partial charge is 0.387 e. The predicted molar refractivity (Wildman–Crippen MR) is 137 cm³/mol. The van der Waals surface area contributed by atoms with Gasteiger partial charge in [0.25, 0.3) is 0 Å². The lowest BCUT2D eigenvalue weighted by molar-refractivity contribution is -0.0499. The van der Waals surface area contributed by atoms with E-state index in [4.69, 9.17) is 10.5 Å². The number of aliphatic imine (C=N–C) groups is 1. The molecule has 186 valence electrons. The van der Waals surface area contributed by atoms with Crippen LogP contribution in [0.2, 0.25) is 0 Å². The molecule has 0 amide bonds. The van der Waals surface area contributed by atoms with Crippen LogP contribution < -0.4 is 10.5 Å². The molecule has 0 unspecified atom stereocenters. The van der Waals surface area contributed by atoms with E-state index in [0.29, 0.717) is 12.1 Å². The number of halogens is 2. The van der Waals surface area contributed by atoms with Crippen LogP contribution >= 0.6 is 0 Å². The summed E-state index contributed by atoms with van der Waals surface area (Å²) >= 11 is 0. The summed E-state index contributed by atoms with van der Waals surface area (Å²) < 4.78 is 30.1. The average Bonchev–Trinajstić information content (AvgIpc) is 3.20. The van der Waals surface area contributed by atoms with Crippen LogP contribution in [0.1, 0.15) is 97.1 Å². The molecule has 1 aromatic carbocycles. The minimum Gasteiger partial charge on any atom is -0.434 e. The van der Waals surface area contributed by atoms with E-state index >= 15 is 0 Å². The minimum absolute atomic E-state index is 0.174. The summed E-state index contributed by atoms with van der Waals surface area (Å²) in [4.78, 5) is 4.56. The molecule has 0 fully saturated rings. The topological polar surface area (TPSA) is 47.6 Å². The highest BCUT2D eigenvalue weighted by Gasteiger charge is 2.25. The molecule has 33 heavy (non-hydrogen) atoms. The molecule has 5 heteroatoms. The van der Waals surface area contributed by atoms with Crippen molar-refractivity contribution in [2.45, 2.75) is 99.5 Å². The molecule has 3 rings (SSSR count). The monoisotopic (exact) mass is 462 g/mol. The maximum Gasteiger partial charge on any atom is 0.387 e. The Hall–Kier alpha value is -2.17. The molecular formula is C28H44F2N2O. The quantitative estimate of drug-likeness (QED) is 0.394. The second-order valence-electron chi connectivity index (χ2n) is 8.78. The third-order valence-electron chi connectivity index (χ3n) is 5.66. The van der Waals surface area contributed by atoms with Gasteiger partial charge in [0.1, 0.15) is 5.75 Å². The van der Waals surface area contributed by atoms with E-state index < -0.39 is 6.61 Å². The fourth-order valence-electron chi connectivity index (χ4n) is 4.02. The van der Waals surface area contributed by atoms with Gasteiger partial charge in [0, 0.05) is 11.3 Å². The first-order chi connectivity index (χ1) is 15.8. The number of hydrogen-bond acceptors (Lipinski definition) is 3. The van der Waals surface area contributed by atoms with Gasteiger partial charge in [-0.25, -0.2) is 0 Å². The summed E-state index contributed by atoms with van der Waals surface area (Å²) in [7, 11) is 0. The average molecular weight is 463 g/mol. The Balaban J connectivity index is 0.000000420. The van der Waals surface area contributed by atoms with Crippen LogP contribution in [0.25, 0.3) is 0 Å². The molecule has 1 aromatic rings. The van der Waals surface area contributed by atoms with E-state index in [9.17, 15) is 8.78 Å². The molecular weight excluding hydrogens is 418 g/mol. The number of benzene rings is 1. The molecule has 2 aliphatic rings. The van der Waals surface area contributed by atoms with Crippen LogP contribution in [-0.2, 0) is 0 Å². The molecule has 0 bridgehead atoms. The van der Waals surface area contributed by atoms with Gasteiger partial charge in [-0.15, -0.1) is 0 Å². The number of alkyl halides is 2. The van der Waals surface area contributed by atoms with Gasteiger partial charge in [0.2, 0.25) is 0 Å². The van der Waals surface area contributed by atoms with Crippen molar-refractivity contribution in [1.82, 2.24) is 0 Å². The van der Waals surface area contributed by atoms with E-state index in [0.717, 1.165) is 53.3 Å². The zero-order valence-electron chi connectivity index (χ0n) is 21.5. The van der Waals surface area contributed by atoms with Crippen LogP contribution in [-0.4, -0.2) is 18.9 Å². The van der Waals surface area contributed by atoms with Crippen molar-refractivity contribution in [3.05, 3.63) is 52.2 Å². The summed E-state index contributed by atoms with van der Waals surface area (Å²) in [5.74, 6) is 1.08. The number of rotatable bonds is 8. The molecule has 0 spiro atoms. The van der Waals surface area contributed by atoms with Gasteiger partial charge in [0.15, 0.2) is 0 Å². The Labute approximate surface area is 200 Å². The lowest BCUT2D eigenvalue weighted by Crippen LogP contribution is -2.12. The fourth-order valence-corrected chi connectivity index (χ4v) is 4.02. The van der Waals surface area contributed by atoms with Crippen molar-refractivity contribution in [1.29, 1.82) is 0 Å². The number of nitrogens with zero attached hydrogens (tertiary/aromatic N) is 1. The Kier molecular flexibility index (Phi) is 13.7. The zero-order chi connectivity index (χ0) is 24.8. The van der Waals surface area contributed by atoms with Crippen molar-refractivity contribution in [3.63, 3.8) is 0 Å². The lowest BCUT2D eigenvalue weighted by atomic mass is 9.97. The van der Waals surface area contributed by atoms with Gasteiger partial charge in [0.05, 0.1) is 12.3 Å². The second kappa shape index (κ2) is 15.6. The number of allylic oxidation sites excluding steroid dienone is 2. The second-order valence-corrected chi connectivity index (χ2v) is 8.78. The third-order valence-corrected chi connectivity index (χ3v) is 5.66. The maximum atomic E-state index is 12.7. The molecule has 0 saturated carbocycles. The number of nitrogens with two attached hydrogens (primary N) is 1. The standard InChI is InChI=1S/C17H18F2N2O.C9H20.C2H6/c1-10-5-6-13(15(9-10)22-17(18)19)16-12-4-2-3-11(12)14(20)7-8-21-16;1-4-5-6-7-8-9(2)3;1-2/h5-7,9,17H,2-4,8,20H2,1H3;9H,4-8H2,1-3H3;1-2H3. The molecule has 0 saturated heterocycles. The lowest BCUT2D eigenvalue weighted by Gasteiger charge is -2.15. The summed E-state index contributed by atoms with van der Waals surface area (Å²) in [5.41, 5.74) is 11.2. The summed E-state index contributed by atoms with van der Waals surface area (Å²) in [5, 5.41) is 0. The Morgan fingerprint density at radius 1 is 1.06 bits per heavy atom. The SMILES string of the molecule is CC.CCCCCCC(C)C.Cc1ccc(C2=NCC=C(N)C3=C2CCC3)c(OC(F)F)c1. The maximum absolute atomic E-state index is 12.7. The van der Waals surface area contributed by atoms with Crippen molar-refractivity contribution >= 4 is 5.71 Å². The van der Waals surface area contributed by atoms with Crippen LogP contribution in [0.5, 0.6) is 5.75 Å². The molecule has 0 atom stereocenters. The largest absolute Gasteiger partial charge is 0.434 e. The normalized spacial score (nSPS) is 15.1. The van der Waals surface area contributed by atoms with Crippen molar-refractivity contribution in [2.24, 2.45) is 16.6 Å². The Bertz CT molecular complexity index is 810. The predicted octanol–water partition coefficient (Wildman–Crippen LogP) is 8.36. The minimum atomic E-state index is -2.85. The molecule has 1 heterocycles. The van der Waals surface area contributed by atoms with Gasteiger partial charge in [-0.2, -0.15) is 8.78 Å². The van der Waals surface area contributed by atoms with Crippen LogP contribution in [0.3, 0.4) is 0 Å².